The zero-order valence-corrected chi connectivity index (χ0v) is 12.3. The number of thiophene rings is 1. The van der Waals surface area contributed by atoms with Crippen molar-refractivity contribution in [3.63, 3.8) is 0 Å². The number of nitrogens with one attached hydrogen (secondary N) is 1. The van der Waals surface area contributed by atoms with Crippen molar-refractivity contribution in [2.45, 2.75) is 32.2 Å². The van der Waals surface area contributed by atoms with Crippen LogP contribution in [0.1, 0.15) is 35.9 Å². The summed E-state index contributed by atoms with van der Waals surface area (Å²) >= 11 is 4.65. The monoisotopic (exact) mass is 331 g/mol. The molecule has 2 atom stereocenters. The molecule has 1 fully saturated rings. The number of hydrogen-bond donors (Lipinski definition) is 2. The van der Waals surface area contributed by atoms with Crippen molar-refractivity contribution >= 4 is 39.1 Å². The molecule has 18 heavy (non-hydrogen) atoms. The van der Waals surface area contributed by atoms with Crippen LogP contribution in [0.4, 0.5) is 0 Å². The second kappa shape index (κ2) is 5.01. The summed E-state index contributed by atoms with van der Waals surface area (Å²) in [6.07, 6.45) is 2.16. The molecule has 0 aliphatic heterocycles. The fourth-order valence-corrected chi connectivity index (χ4v) is 3.79. The topological polar surface area (TPSA) is 66.4 Å². The Labute approximate surface area is 118 Å². The molecule has 0 spiro atoms. The van der Waals surface area contributed by atoms with Gasteiger partial charge in [0.25, 0.3) is 5.91 Å². The third kappa shape index (κ3) is 2.31. The van der Waals surface area contributed by atoms with E-state index in [2.05, 4.69) is 21.2 Å². The summed E-state index contributed by atoms with van der Waals surface area (Å²) in [5.74, 6) is -1.04. The second-order valence-electron chi connectivity index (χ2n) is 4.74. The molecule has 98 valence electrons. The van der Waals surface area contributed by atoms with Gasteiger partial charge in [0, 0.05) is 10.5 Å². The van der Waals surface area contributed by atoms with Crippen LogP contribution in [0.2, 0.25) is 0 Å². The molecule has 1 aromatic heterocycles. The molecule has 4 nitrogen and oxygen atoms in total. The highest BCUT2D eigenvalue weighted by Crippen LogP contribution is 2.38. The highest BCUT2D eigenvalue weighted by Gasteiger charge is 2.46. The third-order valence-corrected chi connectivity index (χ3v) is 5.41. The van der Waals surface area contributed by atoms with E-state index in [0.29, 0.717) is 11.3 Å². The molecule has 1 aliphatic carbocycles. The summed E-state index contributed by atoms with van der Waals surface area (Å²) in [6.45, 7) is 1.71. The molecule has 2 unspecified atom stereocenters. The number of carbonyl (C=O) groups is 2. The molecule has 1 aromatic rings. The lowest BCUT2D eigenvalue weighted by Gasteiger charge is -2.27. The summed E-state index contributed by atoms with van der Waals surface area (Å²) in [4.78, 5) is 24.0. The van der Waals surface area contributed by atoms with Gasteiger partial charge in [-0.1, -0.05) is 6.42 Å². The number of carboxylic acids is 1. The van der Waals surface area contributed by atoms with Crippen molar-refractivity contribution in [1.82, 2.24) is 5.32 Å². The number of aliphatic carboxylic acids is 1. The van der Waals surface area contributed by atoms with Crippen LogP contribution in [0.25, 0.3) is 0 Å². The van der Waals surface area contributed by atoms with Gasteiger partial charge in [-0.05, 0) is 47.1 Å². The fraction of sp³-hybridized carbons (Fsp3) is 0.500. The average Bonchev–Trinajstić information content (AvgIpc) is 2.87. The molecule has 0 aromatic carbocycles. The van der Waals surface area contributed by atoms with Gasteiger partial charge in [0.15, 0.2) is 0 Å². The van der Waals surface area contributed by atoms with E-state index in [1.54, 1.807) is 6.92 Å². The van der Waals surface area contributed by atoms with Gasteiger partial charge < -0.3 is 10.4 Å². The first kappa shape index (κ1) is 13.5. The Balaban J connectivity index is 2.13. The molecular formula is C12H14BrNO3S. The SMILES string of the molecule is CC1(C(=O)O)CCCC1NC(=O)c1sccc1Br. The van der Waals surface area contributed by atoms with E-state index in [1.165, 1.54) is 11.3 Å². The van der Waals surface area contributed by atoms with Crippen molar-refractivity contribution < 1.29 is 14.7 Å². The van der Waals surface area contributed by atoms with Crippen LogP contribution in [0.5, 0.6) is 0 Å². The van der Waals surface area contributed by atoms with Crippen molar-refractivity contribution in [2.24, 2.45) is 5.41 Å². The van der Waals surface area contributed by atoms with Crippen LogP contribution in [0.15, 0.2) is 15.9 Å². The first-order chi connectivity index (χ1) is 8.45. The molecule has 1 amide bonds. The van der Waals surface area contributed by atoms with E-state index in [4.69, 9.17) is 0 Å². The van der Waals surface area contributed by atoms with Gasteiger partial charge >= 0.3 is 5.97 Å². The van der Waals surface area contributed by atoms with Crippen molar-refractivity contribution in [2.75, 3.05) is 0 Å². The van der Waals surface area contributed by atoms with Gasteiger partial charge in [-0.25, -0.2) is 0 Å². The molecule has 0 bridgehead atoms. The van der Waals surface area contributed by atoms with Gasteiger partial charge in [0.1, 0.15) is 4.88 Å². The Morgan fingerprint density at radius 3 is 2.89 bits per heavy atom. The highest BCUT2D eigenvalue weighted by molar-refractivity contribution is 9.10. The third-order valence-electron chi connectivity index (χ3n) is 3.58. The molecule has 6 heteroatoms. The number of amides is 1. The fourth-order valence-electron chi connectivity index (χ4n) is 2.33. The zero-order chi connectivity index (χ0) is 13.3. The minimum Gasteiger partial charge on any atom is -0.481 e. The van der Waals surface area contributed by atoms with Gasteiger partial charge in [-0.15, -0.1) is 11.3 Å². The number of carboxylic acid groups (broad SMARTS) is 1. The van der Waals surface area contributed by atoms with Gasteiger partial charge in [-0.2, -0.15) is 0 Å². The number of halogens is 1. The maximum Gasteiger partial charge on any atom is 0.311 e. The minimum absolute atomic E-state index is 0.198. The maximum atomic E-state index is 12.1. The van der Waals surface area contributed by atoms with E-state index in [-0.39, 0.29) is 11.9 Å². The van der Waals surface area contributed by atoms with Gasteiger partial charge in [0.05, 0.1) is 5.41 Å². The van der Waals surface area contributed by atoms with Gasteiger partial charge in [0.2, 0.25) is 0 Å². The second-order valence-corrected chi connectivity index (χ2v) is 6.51. The Morgan fingerprint density at radius 2 is 2.33 bits per heavy atom. The lowest BCUT2D eigenvalue weighted by atomic mass is 9.85. The number of carbonyl (C=O) groups excluding carboxylic acids is 1. The lowest BCUT2D eigenvalue weighted by Crippen LogP contribution is -2.46. The largest absolute Gasteiger partial charge is 0.481 e. The van der Waals surface area contributed by atoms with Crippen LogP contribution >= 0.6 is 27.3 Å². The van der Waals surface area contributed by atoms with Crippen molar-refractivity contribution in [1.29, 1.82) is 0 Å². The predicted octanol–water partition coefficient (Wildman–Crippen LogP) is 2.88. The van der Waals surface area contributed by atoms with Crippen molar-refractivity contribution in [3.05, 3.63) is 20.8 Å². The molecule has 0 saturated heterocycles. The van der Waals surface area contributed by atoms with E-state index in [9.17, 15) is 14.7 Å². The molecule has 1 heterocycles. The zero-order valence-electron chi connectivity index (χ0n) is 9.90. The normalized spacial score (nSPS) is 27.1. The smallest absolute Gasteiger partial charge is 0.311 e. The lowest BCUT2D eigenvalue weighted by molar-refractivity contribution is -0.148. The molecule has 2 N–H and O–H groups in total. The number of hydrogen-bond acceptors (Lipinski definition) is 3. The maximum absolute atomic E-state index is 12.1. The van der Waals surface area contributed by atoms with Crippen LogP contribution in [-0.2, 0) is 4.79 Å². The molecule has 2 rings (SSSR count). The molecule has 1 aliphatic rings. The summed E-state index contributed by atoms with van der Waals surface area (Å²) in [5, 5.41) is 14.0. The van der Waals surface area contributed by atoms with E-state index in [1.807, 2.05) is 11.4 Å². The van der Waals surface area contributed by atoms with Crippen molar-refractivity contribution in [3.8, 4) is 0 Å². The Morgan fingerprint density at radius 1 is 1.61 bits per heavy atom. The van der Waals surface area contributed by atoms with Crippen LogP contribution in [-0.4, -0.2) is 23.0 Å². The predicted molar refractivity (Wildman–Crippen MR) is 72.9 cm³/mol. The van der Waals surface area contributed by atoms with E-state index in [0.717, 1.165) is 17.3 Å². The Hall–Kier alpha value is -0.880. The summed E-state index contributed by atoms with van der Waals surface area (Å²) < 4.78 is 0.750. The Kier molecular flexibility index (Phi) is 3.77. The molecule has 1 saturated carbocycles. The minimum atomic E-state index is -0.848. The van der Waals surface area contributed by atoms with Gasteiger partial charge in [-0.3, -0.25) is 9.59 Å². The summed E-state index contributed by atoms with van der Waals surface area (Å²) in [7, 11) is 0. The summed E-state index contributed by atoms with van der Waals surface area (Å²) in [6, 6.07) is 1.52. The van der Waals surface area contributed by atoms with E-state index < -0.39 is 11.4 Å². The average molecular weight is 332 g/mol. The Bertz CT molecular complexity index is 487. The number of rotatable bonds is 3. The van der Waals surface area contributed by atoms with Crippen LogP contribution in [0, 0.1) is 5.41 Å². The molecular weight excluding hydrogens is 318 g/mol. The molecule has 0 radical (unpaired) electrons. The van der Waals surface area contributed by atoms with Crippen LogP contribution in [0.3, 0.4) is 0 Å². The highest BCUT2D eigenvalue weighted by atomic mass is 79.9. The quantitative estimate of drug-likeness (QED) is 0.894. The van der Waals surface area contributed by atoms with Crippen LogP contribution < -0.4 is 5.32 Å². The first-order valence-corrected chi connectivity index (χ1v) is 7.39. The standard InChI is InChI=1S/C12H14BrNO3S/c1-12(11(16)17)5-2-3-8(12)14-10(15)9-7(13)4-6-18-9/h4,6,8H,2-3,5H2,1H3,(H,14,15)(H,16,17). The first-order valence-electron chi connectivity index (χ1n) is 5.72. The van der Waals surface area contributed by atoms with E-state index >= 15 is 0 Å². The summed E-state index contributed by atoms with van der Waals surface area (Å²) in [5.41, 5.74) is -0.848.